The van der Waals surface area contributed by atoms with Gasteiger partial charge in [-0.3, -0.25) is 4.79 Å². The molecule has 4 nitrogen and oxygen atoms in total. The molecule has 1 aliphatic rings. The molecular weight excluding hydrogens is 306 g/mol. The number of hydrogen-bond donors (Lipinski definition) is 2. The van der Waals surface area contributed by atoms with Crippen molar-refractivity contribution < 1.29 is 4.79 Å². The van der Waals surface area contributed by atoms with Crippen LogP contribution in [-0.4, -0.2) is 23.1 Å². The van der Waals surface area contributed by atoms with E-state index in [1.807, 2.05) is 23.8 Å². The van der Waals surface area contributed by atoms with Crippen LogP contribution in [0.4, 0.5) is 0 Å². The molecule has 1 saturated carbocycles. The first kappa shape index (κ1) is 14.6. The maximum absolute atomic E-state index is 12.4. The van der Waals surface area contributed by atoms with Crippen LogP contribution in [-0.2, 0) is 6.54 Å². The first-order chi connectivity index (χ1) is 9.15. The molecule has 0 radical (unpaired) electrons. The summed E-state index contributed by atoms with van der Waals surface area (Å²) in [4.78, 5) is 12.4. The summed E-state index contributed by atoms with van der Waals surface area (Å²) in [6.07, 6.45) is 6.81. The largest absolute Gasteiger partial charge is 0.346 e. The summed E-state index contributed by atoms with van der Waals surface area (Å²) in [6, 6.07) is 1.97. The van der Waals surface area contributed by atoms with Crippen molar-refractivity contribution in [3.8, 4) is 0 Å². The van der Waals surface area contributed by atoms with Crippen molar-refractivity contribution >= 4 is 21.8 Å². The number of carbonyl (C=O) groups is 1. The fourth-order valence-electron chi connectivity index (χ4n) is 2.90. The van der Waals surface area contributed by atoms with Gasteiger partial charge in [0.1, 0.15) is 5.69 Å². The van der Waals surface area contributed by atoms with Gasteiger partial charge in [-0.1, -0.05) is 12.8 Å². The van der Waals surface area contributed by atoms with Gasteiger partial charge in [0, 0.05) is 29.8 Å². The number of amides is 1. The Bertz CT molecular complexity index is 438. The van der Waals surface area contributed by atoms with Crippen LogP contribution in [0.3, 0.4) is 0 Å². The molecule has 1 aliphatic carbocycles. The summed E-state index contributed by atoms with van der Waals surface area (Å²) >= 11 is 3.42. The van der Waals surface area contributed by atoms with Crippen LogP contribution in [0.25, 0.3) is 0 Å². The van der Waals surface area contributed by atoms with E-state index in [-0.39, 0.29) is 11.9 Å². The standard InChI is InChI=1S/C14H22BrN3O/c1-2-18-9-11(15)7-13(18)14(19)17-12(8-16)10-5-3-4-6-10/h7,9-10,12H,2-6,8,16H2,1H3,(H,17,19). The minimum Gasteiger partial charge on any atom is -0.346 e. The minimum atomic E-state index is -0.0186. The van der Waals surface area contributed by atoms with Gasteiger partial charge in [-0.05, 0) is 47.7 Å². The molecule has 2 rings (SSSR count). The molecule has 0 aromatic carbocycles. The quantitative estimate of drug-likeness (QED) is 0.872. The van der Waals surface area contributed by atoms with E-state index >= 15 is 0 Å². The second-order valence-electron chi connectivity index (χ2n) is 5.19. The second-order valence-corrected chi connectivity index (χ2v) is 6.11. The molecule has 1 aromatic heterocycles. The van der Waals surface area contributed by atoms with Crippen molar-refractivity contribution in [2.75, 3.05) is 6.54 Å². The molecular formula is C14H22BrN3O. The van der Waals surface area contributed by atoms with Crippen LogP contribution in [0.1, 0.15) is 43.1 Å². The number of halogens is 1. The van der Waals surface area contributed by atoms with Gasteiger partial charge >= 0.3 is 0 Å². The Morgan fingerprint density at radius 2 is 2.26 bits per heavy atom. The zero-order valence-corrected chi connectivity index (χ0v) is 12.9. The van der Waals surface area contributed by atoms with Gasteiger partial charge in [-0.15, -0.1) is 0 Å². The van der Waals surface area contributed by atoms with E-state index < -0.39 is 0 Å². The Balaban J connectivity index is 2.06. The first-order valence-corrected chi connectivity index (χ1v) is 7.81. The van der Waals surface area contributed by atoms with Crippen molar-refractivity contribution in [3.05, 3.63) is 22.4 Å². The molecule has 0 spiro atoms. The first-order valence-electron chi connectivity index (χ1n) is 7.02. The van der Waals surface area contributed by atoms with E-state index in [9.17, 15) is 4.79 Å². The summed E-state index contributed by atoms with van der Waals surface area (Å²) in [7, 11) is 0. The highest BCUT2D eigenvalue weighted by Crippen LogP contribution is 2.27. The lowest BCUT2D eigenvalue weighted by Gasteiger charge is -2.23. The number of hydrogen-bond acceptors (Lipinski definition) is 2. The van der Waals surface area contributed by atoms with Gasteiger partial charge in [0.05, 0.1) is 0 Å². The topological polar surface area (TPSA) is 60.0 Å². The molecule has 1 aromatic rings. The molecule has 1 amide bonds. The third-order valence-electron chi connectivity index (χ3n) is 3.98. The van der Waals surface area contributed by atoms with Crippen LogP contribution >= 0.6 is 15.9 Å². The van der Waals surface area contributed by atoms with E-state index in [4.69, 9.17) is 5.73 Å². The molecule has 5 heteroatoms. The molecule has 3 N–H and O–H groups in total. The van der Waals surface area contributed by atoms with Gasteiger partial charge in [0.25, 0.3) is 5.91 Å². The zero-order valence-electron chi connectivity index (χ0n) is 11.4. The summed E-state index contributed by atoms with van der Waals surface area (Å²) < 4.78 is 2.88. The minimum absolute atomic E-state index is 0.0186. The Morgan fingerprint density at radius 3 is 2.84 bits per heavy atom. The fourth-order valence-corrected chi connectivity index (χ4v) is 3.36. The molecule has 0 aliphatic heterocycles. The Morgan fingerprint density at radius 1 is 1.58 bits per heavy atom. The summed E-state index contributed by atoms with van der Waals surface area (Å²) in [5, 5.41) is 3.11. The van der Waals surface area contributed by atoms with Crippen LogP contribution in [0.5, 0.6) is 0 Å². The van der Waals surface area contributed by atoms with Crippen LogP contribution in [0, 0.1) is 5.92 Å². The van der Waals surface area contributed by atoms with Crippen LogP contribution in [0.2, 0.25) is 0 Å². The molecule has 0 bridgehead atoms. The van der Waals surface area contributed by atoms with Gasteiger partial charge in [0.15, 0.2) is 0 Å². The van der Waals surface area contributed by atoms with Crippen LogP contribution in [0.15, 0.2) is 16.7 Å². The average Bonchev–Trinajstić information content (AvgIpc) is 3.04. The van der Waals surface area contributed by atoms with E-state index in [1.165, 1.54) is 25.7 Å². The lowest BCUT2D eigenvalue weighted by molar-refractivity contribution is 0.0915. The second kappa shape index (κ2) is 6.57. The molecule has 19 heavy (non-hydrogen) atoms. The Hall–Kier alpha value is -0.810. The van der Waals surface area contributed by atoms with Crippen molar-refractivity contribution in [3.63, 3.8) is 0 Å². The van der Waals surface area contributed by atoms with E-state index in [0.29, 0.717) is 18.2 Å². The lowest BCUT2D eigenvalue weighted by Crippen LogP contribution is -2.45. The third-order valence-corrected chi connectivity index (χ3v) is 4.41. The summed E-state index contributed by atoms with van der Waals surface area (Å²) in [5.41, 5.74) is 6.52. The Kier molecular flexibility index (Phi) is 5.05. The molecule has 106 valence electrons. The summed E-state index contributed by atoms with van der Waals surface area (Å²) in [6.45, 7) is 3.33. The Labute approximate surface area is 122 Å². The van der Waals surface area contributed by atoms with Crippen molar-refractivity contribution in [1.82, 2.24) is 9.88 Å². The van der Waals surface area contributed by atoms with Gasteiger partial charge in [-0.2, -0.15) is 0 Å². The fraction of sp³-hybridized carbons (Fsp3) is 0.643. The van der Waals surface area contributed by atoms with E-state index in [1.54, 1.807) is 0 Å². The number of aromatic nitrogens is 1. The highest BCUT2D eigenvalue weighted by molar-refractivity contribution is 9.10. The lowest BCUT2D eigenvalue weighted by atomic mass is 9.98. The third kappa shape index (κ3) is 3.39. The number of carbonyl (C=O) groups excluding carboxylic acids is 1. The normalized spacial score (nSPS) is 17.6. The number of aryl methyl sites for hydroxylation is 1. The molecule has 0 saturated heterocycles. The van der Waals surface area contributed by atoms with E-state index in [0.717, 1.165) is 11.0 Å². The predicted octanol–water partition coefficient (Wildman–Crippen LogP) is 2.52. The van der Waals surface area contributed by atoms with Gasteiger partial charge in [-0.25, -0.2) is 0 Å². The van der Waals surface area contributed by atoms with Crippen molar-refractivity contribution in [2.45, 2.75) is 45.2 Å². The molecule has 1 fully saturated rings. The summed E-state index contributed by atoms with van der Waals surface area (Å²) in [5.74, 6) is 0.525. The predicted molar refractivity (Wildman–Crippen MR) is 80.1 cm³/mol. The van der Waals surface area contributed by atoms with Gasteiger partial charge < -0.3 is 15.6 Å². The van der Waals surface area contributed by atoms with Crippen LogP contribution < -0.4 is 11.1 Å². The maximum Gasteiger partial charge on any atom is 0.268 e. The van der Waals surface area contributed by atoms with E-state index in [2.05, 4.69) is 21.2 Å². The monoisotopic (exact) mass is 327 g/mol. The number of rotatable bonds is 5. The van der Waals surface area contributed by atoms with Crippen molar-refractivity contribution in [2.24, 2.45) is 11.7 Å². The smallest absolute Gasteiger partial charge is 0.268 e. The number of nitrogens with one attached hydrogen (secondary N) is 1. The number of nitrogens with zero attached hydrogens (tertiary/aromatic N) is 1. The highest BCUT2D eigenvalue weighted by Gasteiger charge is 2.26. The average molecular weight is 328 g/mol. The molecule has 1 heterocycles. The molecule has 1 unspecified atom stereocenters. The molecule has 1 atom stereocenters. The van der Waals surface area contributed by atoms with Crippen molar-refractivity contribution in [1.29, 1.82) is 0 Å². The zero-order chi connectivity index (χ0) is 13.8. The highest BCUT2D eigenvalue weighted by atomic mass is 79.9. The SMILES string of the molecule is CCn1cc(Br)cc1C(=O)NC(CN)C1CCCC1. The maximum atomic E-state index is 12.4. The number of nitrogens with two attached hydrogens (primary N) is 1. The van der Waals surface area contributed by atoms with Gasteiger partial charge in [0.2, 0.25) is 0 Å².